The minimum atomic E-state index is -3.45. The summed E-state index contributed by atoms with van der Waals surface area (Å²) in [6, 6.07) is 22.5. The van der Waals surface area contributed by atoms with E-state index in [4.69, 9.17) is 0 Å². The molecular formula is C24H24N2O3S. The topological polar surface area (TPSA) is 66.5 Å². The van der Waals surface area contributed by atoms with Gasteiger partial charge in [0.05, 0.1) is 5.75 Å². The van der Waals surface area contributed by atoms with Gasteiger partial charge in [-0.2, -0.15) is 0 Å². The largest absolute Gasteiger partial charge is 0.308 e. The Hall–Kier alpha value is -2.96. The van der Waals surface area contributed by atoms with Crippen LogP contribution in [0.2, 0.25) is 0 Å². The van der Waals surface area contributed by atoms with Gasteiger partial charge in [0, 0.05) is 24.3 Å². The van der Waals surface area contributed by atoms with Crippen molar-refractivity contribution in [3.05, 3.63) is 101 Å². The molecule has 5 nitrogen and oxygen atoms in total. The third-order valence-electron chi connectivity index (χ3n) is 5.28. The van der Waals surface area contributed by atoms with Crippen molar-refractivity contribution >= 4 is 21.6 Å². The number of aryl methyl sites for hydroxylation is 1. The average Bonchev–Trinajstić information content (AvgIpc) is 3.16. The zero-order chi connectivity index (χ0) is 21.1. The summed E-state index contributed by atoms with van der Waals surface area (Å²) in [5.41, 5.74) is 5.30. The molecule has 0 aliphatic carbocycles. The number of hydrogen-bond donors (Lipinski definition) is 1. The molecule has 3 aromatic rings. The van der Waals surface area contributed by atoms with Crippen LogP contribution in [0.5, 0.6) is 0 Å². The molecule has 0 fully saturated rings. The Bertz CT molecular complexity index is 1160. The van der Waals surface area contributed by atoms with Crippen molar-refractivity contribution in [3.8, 4) is 0 Å². The zero-order valence-electron chi connectivity index (χ0n) is 16.8. The summed E-state index contributed by atoms with van der Waals surface area (Å²) >= 11 is 0. The fourth-order valence-corrected chi connectivity index (χ4v) is 4.76. The summed E-state index contributed by atoms with van der Waals surface area (Å²) in [6.07, 6.45) is 0.799. The van der Waals surface area contributed by atoms with E-state index in [0.717, 1.165) is 34.4 Å². The van der Waals surface area contributed by atoms with Crippen LogP contribution in [0.15, 0.2) is 72.8 Å². The second kappa shape index (κ2) is 8.42. The van der Waals surface area contributed by atoms with Crippen LogP contribution in [0, 0.1) is 6.92 Å². The van der Waals surface area contributed by atoms with Gasteiger partial charge in [-0.15, -0.1) is 0 Å². The Balaban J connectivity index is 1.48. The predicted molar refractivity (Wildman–Crippen MR) is 119 cm³/mol. The smallest absolute Gasteiger partial charge is 0.258 e. The van der Waals surface area contributed by atoms with Gasteiger partial charge < -0.3 is 4.90 Å². The summed E-state index contributed by atoms with van der Waals surface area (Å²) in [5, 5.41) is 0. The van der Waals surface area contributed by atoms with Crippen LogP contribution in [0.1, 0.15) is 32.6 Å². The molecule has 0 saturated carbocycles. The standard InChI is InChI=1S/C24H24N2O3S/c1-18-7-10-22(11-8-18)24(27)26-14-13-21-12-9-20(15-23(21)26)16-25-30(28,29)17-19-5-3-2-4-6-19/h2-12,15,25H,13-14,16-17H2,1H3. The van der Waals surface area contributed by atoms with Crippen LogP contribution in [0.4, 0.5) is 5.69 Å². The van der Waals surface area contributed by atoms with E-state index >= 15 is 0 Å². The SMILES string of the molecule is Cc1ccc(C(=O)N2CCc3ccc(CNS(=O)(=O)Cc4ccccc4)cc32)cc1. The quantitative estimate of drug-likeness (QED) is 0.659. The average molecular weight is 421 g/mol. The molecule has 1 aliphatic rings. The van der Waals surface area contributed by atoms with Crippen molar-refractivity contribution in [1.29, 1.82) is 0 Å². The van der Waals surface area contributed by atoms with Gasteiger partial charge in [-0.05, 0) is 48.2 Å². The number of amides is 1. The fraction of sp³-hybridized carbons (Fsp3) is 0.208. The molecule has 0 saturated heterocycles. The first kappa shape index (κ1) is 20.3. The normalized spacial score (nSPS) is 13.3. The number of hydrogen-bond acceptors (Lipinski definition) is 3. The lowest BCUT2D eigenvalue weighted by Crippen LogP contribution is -2.29. The van der Waals surface area contributed by atoms with Crippen LogP contribution >= 0.6 is 0 Å². The van der Waals surface area contributed by atoms with Gasteiger partial charge in [0.25, 0.3) is 5.91 Å². The van der Waals surface area contributed by atoms with Crippen LogP contribution in [0.25, 0.3) is 0 Å². The fourth-order valence-electron chi connectivity index (χ4n) is 3.64. The van der Waals surface area contributed by atoms with E-state index in [-0.39, 0.29) is 18.2 Å². The first-order valence-electron chi connectivity index (χ1n) is 9.93. The van der Waals surface area contributed by atoms with Crippen molar-refractivity contribution in [2.75, 3.05) is 11.4 Å². The summed E-state index contributed by atoms with van der Waals surface area (Å²) in [6.45, 7) is 2.81. The highest BCUT2D eigenvalue weighted by atomic mass is 32.2. The summed E-state index contributed by atoms with van der Waals surface area (Å²) in [4.78, 5) is 14.7. The molecule has 4 rings (SSSR count). The molecule has 0 bridgehead atoms. The molecular weight excluding hydrogens is 396 g/mol. The molecule has 0 unspecified atom stereocenters. The minimum Gasteiger partial charge on any atom is -0.308 e. The molecule has 1 aliphatic heterocycles. The van der Waals surface area contributed by atoms with Crippen LogP contribution in [-0.4, -0.2) is 20.9 Å². The third kappa shape index (κ3) is 4.61. The maximum Gasteiger partial charge on any atom is 0.258 e. The van der Waals surface area contributed by atoms with Crippen LogP contribution < -0.4 is 9.62 Å². The Morgan fingerprint density at radius 3 is 2.43 bits per heavy atom. The molecule has 0 aromatic heterocycles. The number of carbonyl (C=O) groups excluding carboxylic acids is 1. The van der Waals surface area contributed by atoms with Gasteiger partial charge in [-0.3, -0.25) is 4.79 Å². The molecule has 30 heavy (non-hydrogen) atoms. The number of sulfonamides is 1. The van der Waals surface area contributed by atoms with Crippen LogP contribution in [-0.2, 0) is 28.7 Å². The highest BCUT2D eigenvalue weighted by Gasteiger charge is 2.26. The van der Waals surface area contributed by atoms with Crippen LogP contribution in [0.3, 0.4) is 0 Å². The first-order chi connectivity index (χ1) is 14.4. The number of carbonyl (C=O) groups is 1. The monoisotopic (exact) mass is 420 g/mol. The molecule has 3 aromatic carbocycles. The van der Waals surface area contributed by atoms with E-state index in [0.29, 0.717) is 12.1 Å². The number of nitrogens with zero attached hydrogens (tertiary/aromatic N) is 1. The van der Waals surface area contributed by atoms with Crippen molar-refractivity contribution in [2.45, 2.75) is 25.6 Å². The second-order valence-electron chi connectivity index (χ2n) is 7.60. The van der Waals surface area contributed by atoms with E-state index in [1.165, 1.54) is 0 Å². The Kier molecular flexibility index (Phi) is 5.70. The lowest BCUT2D eigenvalue weighted by molar-refractivity contribution is 0.0989. The highest BCUT2D eigenvalue weighted by Crippen LogP contribution is 2.30. The molecule has 0 atom stereocenters. The van der Waals surface area contributed by atoms with Crippen molar-refractivity contribution < 1.29 is 13.2 Å². The van der Waals surface area contributed by atoms with Crippen molar-refractivity contribution in [3.63, 3.8) is 0 Å². The highest BCUT2D eigenvalue weighted by molar-refractivity contribution is 7.88. The Morgan fingerprint density at radius 2 is 1.70 bits per heavy atom. The summed E-state index contributed by atoms with van der Waals surface area (Å²) in [5.74, 6) is -0.0906. The molecule has 0 spiro atoms. The predicted octanol–water partition coefficient (Wildman–Crippen LogP) is 3.82. The van der Waals surface area contributed by atoms with Gasteiger partial charge in [0.2, 0.25) is 10.0 Å². The lowest BCUT2D eigenvalue weighted by Gasteiger charge is -2.18. The number of fused-ring (bicyclic) bond motifs is 1. The number of benzene rings is 3. The van der Waals surface area contributed by atoms with Gasteiger partial charge >= 0.3 is 0 Å². The van der Waals surface area contributed by atoms with E-state index in [9.17, 15) is 13.2 Å². The summed E-state index contributed by atoms with van der Waals surface area (Å²) in [7, 11) is -3.45. The van der Waals surface area contributed by atoms with E-state index in [1.807, 2.05) is 67.6 Å². The lowest BCUT2D eigenvalue weighted by atomic mass is 10.1. The van der Waals surface area contributed by atoms with Gasteiger partial charge in [-0.1, -0.05) is 60.2 Å². The Morgan fingerprint density at radius 1 is 0.967 bits per heavy atom. The van der Waals surface area contributed by atoms with Gasteiger partial charge in [-0.25, -0.2) is 13.1 Å². The number of nitrogens with one attached hydrogen (secondary N) is 1. The van der Waals surface area contributed by atoms with Gasteiger partial charge in [0.1, 0.15) is 0 Å². The second-order valence-corrected chi connectivity index (χ2v) is 9.41. The number of rotatable bonds is 6. The van der Waals surface area contributed by atoms with Gasteiger partial charge in [0.15, 0.2) is 0 Å². The Labute approximate surface area is 177 Å². The maximum absolute atomic E-state index is 13.0. The van der Waals surface area contributed by atoms with E-state index in [2.05, 4.69) is 4.72 Å². The minimum absolute atomic E-state index is 0.0319. The van der Waals surface area contributed by atoms with Crippen molar-refractivity contribution in [1.82, 2.24) is 4.72 Å². The summed E-state index contributed by atoms with van der Waals surface area (Å²) < 4.78 is 27.5. The third-order valence-corrected chi connectivity index (χ3v) is 6.58. The number of anilines is 1. The maximum atomic E-state index is 13.0. The van der Waals surface area contributed by atoms with E-state index < -0.39 is 10.0 Å². The molecule has 154 valence electrons. The zero-order valence-corrected chi connectivity index (χ0v) is 17.7. The van der Waals surface area contributed by atoms with E-state index in [1.54, 1.807) is 17.0 Å². The first-order valence-corrected chi connectivity index (χ1v) is 11.6. The molecule has 6 heteroatoms. The molecule has 1 N–H and O–H groups in total. The molecule has 0 radical (unpaired) electrons. The van der Waals surface area contributed by atoms with Crippen molar-refractivity contribution in [2.24, 2.45) is 0 Å². The molecule has 1 amide bonds. The molecule has 1 heterocycles.